The normalized spacial score (nSPS) is 24.5. The van der Waals surface area contributed by atoms with Crippen molar-refractivity contribution in [1.82, 2.24) is 4.90 Å². The van der Waals surface area contributed by atoms with Crippen molar-refractivity contribution in [3.8, 4) is 5.75 Å². The zero-order chi connectivity index (χ0) is 18.8. The van der Waals surface area contributed by atoms with Crippen LogP contribution in [-0.2, 0) is 0 Å². The van der Waals surface area contributed by atoms with Crippen LogP contribution in [0.3, 0.4) is 0 Å². The Morgan fingerprint density at radius 1 is 1.44 bits per heavy atom. The number of amides is 1. The number of rotatable bonds is 5. The van der Waals surface area contributed by atoms with Crippen molar-refractivity contribution in [2.45, 2.75) is 44.0 Å². The van der Waals surface area contributed by atoms with Gasteiger partial charge in [-0.15, -0.1) is 0 Å². The molecule has 0 radical (unpaired) electrons. The highest BCUT2D eigenvalue weighted by molar-refractivity contribution is 5.97. The minimum absolute atomic E-state index is 0.0831. The molecule has 140 valence electrons. The number of hydrogen-bond donors (Lipinski definition) is 2. The maximum Gasteiger partial charge on any atom is 0.461 e. The van der Waals surface area contributed by atoms with Crippen LogP contribution >= 0.6 is 0 Å². The van der Waals surface area contributed by atoms with E-state index in [1.54, 1.807) is 6.92 Å². The molecule has 0 aromatic heterocycles. The molecule has 5 nitrogen and oxygen atoms in total. The number of carbonyl (C=O) groups excluding carboxylic acids is 1. The summed E-state index contributed by atoms with van der Waals surface area (Å²) in [6.07, 6.45) is -9.60. The van der Waals surface area contributed by atoms with Gasteiger partial charge < -0.3 is 19.8 Å². The molecule has 1 fully saturated rings. The van der Waals surface area contributed by atoms with Gasteiger partial charge in [0.15, 0.2) is 0 Å². The quantitative estimate of drug-likeness (QED) is 0.786. The second kappa shape index (κ2) is 7.17. The number of nitrogens with zero attached hydrogens (tertiary/aromatic N) is 1. The van der Waals surface area contributed by atoms with E-state index in [-0.39, 0.29) is 31.5 Å². The van der Waals surface area contributed by atoms with Crippen LogP contribution in [0, 0.1) is 0 Å². The zero-order valence-electron chi connectivity index (χ0n) is 13.5. The minimum atomic E-state index is -4.74. The van der Waals surface area contributed by atoms with Gasteiger partial charge in [0.1, 0.15) is 11.9 Å². The zero-order valence-corrected chi connectivity index (χ0v) is 13.5. The SMILES string of the molecule is CC[C@@]1(O)CCN(C(=O)c2ccccc2OC(F)(F)C(F)F)C[C@H]1O. The first-order valence-electron chi connectivity index (χ1n) is 7.74. The summed E-state index contributed by atoms with van der Waals surface area (Å²) in [4.78, 5) is 13.7. The predicted molar refractivity (Wildman–Crippen MR) is 79.8 cm³/mol. The summed E-state index contributed by atoms with van der Waals surface area (Å²) in [5.41, 5.74) is -1.65. The summed E-state index contributed by atoms with van der Waals surface area (Å²) in [5.74, 6) is -1.43. The summed E-state index contributed by atoms with van der Waals surface area (Å²) >= 11 is 0. The van der Waals surface area contributed by atoms with E-state index >= 15 is 0 Å². The van der Waals surface area contributed by atoms with E-state index in [4.69, 9.17) is 0 Å². The van der Waals surface area contributed by atoms with Gasteiger partial charge in [-0.25, -0.2) is 0 Å². The lowest BCUT2D eigenvalue weighted by Crippen LogP contribution is -2.56. The molecule has 25 heavy (non-hydrogen) atoms. The Morgan fingerprint density at radius 3 is 2.64 bits per heavy atom. The lowest BCUT2D eigenvalue weighted by molar-refractivity contribution is -0.253. The van der Waals surface area contributed by atoms with Crippen molar-refractivity contribution in [2.24, 2.45) is 0 Å². The maximum absolute atomic E-state index is 13.2. The molecule has 0 spiro atoms. The fourth-order valence-corrected chi connectivity index (χ4v) is 2.66. The first-order valence-corrected chi connectivity index (χ1v) is 7.74. The Morgan fingerprint density at radius 2 is 2.08 bits per heavy atom. The van der Waals surface area contributed by atoms with Crippen LogP contribution in [0.1, 0.15) is 30.1 Å². The average Bonchev–Trinajstić information content (AvgIpc) is 2.57. The Kier molecular flexibility index (Phi) is 5.58. The molecule has 1 aliphatic rings. The first kappa shape index (κ1) is 19.5. The molecule has 1 heterocycles. The van der Waals surface area contributed by atoms with Gasteiger partial charge in [-0.2, -0.15) is 17.6 Å². The fraction of sp³-hybridized carbons (Fsp3) is 0.562. The molecule has 9 heteroatoms. The third kappa shape index (κ3) is 4.04. The molecule has 0 unspecified atom stereocenters. The van der Waals surface area contributed by atoms with Crippen LogP contribution < -0.4 is 4.74 Å². The largest absolute Gasteiger partial charge is 0.461 e. The number of β-amino-alcohol motifs (C(OH)–C–C–N with tert-alkyl or cyclic N) is 1. The van der Waals surface area contributed by atoms with Crippen LogP contribution in [0.4, 0.5) is 17.6 Å². The van der Waals surface area contributed by atoms with Crippen LogP contribution in [-0.4, -0.2) is 58.3 Å². The van der Waals surface area contributed by atoms with Gasteiger partial charge in [-0.1, -0.05) is 19.1 Å². The molecular weight excluding hydrogens is 346 g/mol. The predicted octanol–water partition coefficient (Wildman–Crippen LogP) is 2.27. The van der Waals surface area contributed by atoms with Gasteiger partial charge in [0, 0.05) is 13.1 Å². The molecular formula is C16H19F4NO4. The van der Waals surface area contributed by atoms with Crippen molar-refractivity contribution in [1.29, 1.82) is 0 Å². The molecule has 1 aromatic carbocycles. The number of aliphatic hydroxyl groups is 2. The van der Waals surface area contributed by atoms with Crippen molar-refractivity contribution in [3.63, 3.8) is 0 Å². The van der Waals surface area contributed by atoms with E-state index in [0.717, 1.165) is 11.0 Å². The maximum atomic E-state index is 13.2. The van der Waals surface area contributed by atoms with Gasteiger partial charge >= 0.3 is 12.5 Å². The topological polar surface area (TPSA) is 70.0 Å². The van der Waals surface area contributed by atoms with Crippen LogP contribution in [0.15, 0.2) is 24.3 Å². The number of alkyl halides is 4. The minimum Gasteiger partial charge on any atom is -0.427 e. The van der Waals surface area contributed by atoms with Crippen LogP contribution in [0.5, 0.6) is 5.75 Å². The monoisotopic (exact) mass is 365 g/mol. The Bertz CT molecular complexity index is 628. The highest BCUT2D eigenvalue weighted by atomic mass is 19.3. The third-order valence-corrected chi connectivity index (χ3v) is 4.35. The molecule has 1 aromatic rings. The van der Waals surface area contributed by atoms with Crippen molar-refractivity contribution in [3.05, 3.63) is 29.8 Å². The fourth-order valence-electron chi connectivity index (χ4n) is 2.66. The molecule has 2 atom stereocenters. The number of carbonyl (C=O) groups is 1. The Hall–Kier alpha value is -1.87. The van der Waals surface area contributed by atoms with E-state index in [2.05, 4.69) is 4.74 Å². The lowest BCUT2D eigenvalue weighted by Gasteiger charge is -2.41. The van der Waals surface area contributed by atoms with Gasteiger partial charge in [-0.05, 0) is 25.0 Å². The molecule has 2 N–H and O–H groups in total. The van der Waals surface area contributed by atoms with Gasteiger partial charge in [0.25, 0.3) is 5.91 Å². The first-order chi connectivity index (χ1) is 11.6. The smallest absolute Gasteiger partial charge is 0.427 e. The van der Waals surface area contributed by atoms with E-state index in [0.29, 0.717) is 0 Å². The lowest BCUT2D eigenvalue weighted by atomic mass is 9.86. The van der Waals surface area contributed by atoms with Gasteiger partial charge in [0.05, 0.1) is 11.2 Å². The highest BCUT2D eigenvalue weighted by Gasteiger charge is 2.45. The number of ether oxygens (including phenoxy) is 1. The third-order valence-electron chi connectivity index (χ3n) is 4.35. The summed E-state index contributed by atoms with van der Waals surface area (Å²) < 4.78 is 55.0. The van der Waals surface area contributed by atoms with E-state index in [1.165, 1.54) is 18.2 Å². The Labute approximate surface area is 141 Å². The Balaban J connectivity index is 2.21. The van der Waals surface area contributed by atoms with E-state index in [9.17, 15) is 32.6 Å². The van der Waals surface area contributed by atoms with Crippen molar-refractivity contribution < 1.29 is 37.3 Å². The summed E-state index contributed by atoms with van der Waals surface area (Å²) in [5, 5.41) is 20.2. The van der Waals surface area contributed by atoms with Crippen molar-refractivity contribution in [2.75, 3.05) is 13.1 Å². The highest BCUT2D eigenvalue weighted by Crippen LogP contribution is 2.32. The molecule has 0 aliphatic carbocycles. The average molecular weight is 365 g/mol. The molecule has 0 bridgehead atoms. The molecule has 1 amide bonds. The van der Waals surface area contributed by atoms with Crippen LogP contribution in [0.2, 0.25) is 0 Å². The second-order valence-corrected chi connectivity index (χ2v) is 5.93. The molecule has 1 saturated heterocycles. The summed E-state index contributed by atoms with van der Waals surface area (Å²) in [6.45, 7) is 1.57. The standard InChI is InChI=1S/C16H19F4NO4/c1-2-15(24)7-8-21(9-12(15)22)13(23)10-5-3-4-6-11(10)25-16(19,20)14(17)18/h3-6,12,14,22,24H,2,7-9H2,1H3/t12-,15-/m1/s1. The number of para-hydroxylation sites is 1. The number of likely N-dealkylation sites (tertiary alicyclic amines) is 1. The number of piperidine rings is 1. The van der Waals surface area contributed by atoms with E-state index < -0.39 is 35.9 Å². The van der Waals surface area contributed by atoms with Gasteiger partial charge in [-0.3, -0.25) is 4.79 Å². The van der Waals surface area contributed by atoms with Gasteiger partial charge in [0.2, 0.25) is 0 Å². The summed E-state index contributed by atoms with van der Waals surface area (Å²) in [6, 6.07) is 4.82. The van der Waals surface area contributed by atoms with E-state index in [1.807, 2.05) is 0 Å². The van der Waals surface area contributed by atoms with Crippen LogP contribution in [0.25, 0.3) is 0 Å². The number of benzene rings is 1. The number of halogens is 4. The van der Waals surface area contributed by atoms with Crippen molar-refractivity contribution >= 4 is 5.91 Å². The molecule has 0 saturated carbocycles. The summed E-state index contributed by atoms with van der Waals surface area (Å²) in [7, 11) is 0. The second-order valence-electron chi connectivity index (χ2n) is 5.93. The molecule has 1 aliphatic heterocycles. The number of aliphatic hydroxyl groups excluding tert-OH is 1. The number of hydrogen-bond acceptors (Lipinski definition) is 4. The molecule has 2 rings (SSSR count).